The van der Waals surface area contributed by atoms with E-state index >= 15 is 0 Å². The maximum Gasteiger partial charge on any atom is 0.349 e. The Morgan fingerprint density at radius 3 is 2.59 bits per heavy atom. The first kappa shape index (κ1) is 15.1. The number of carbonyl (C=O) groups is 1. The predicted molar refractivity (Wildman–Crippen MR) is 91.8 cm³/mol. The molecule has 0 N–H and O–H groups in total. The summed E-state index contributed by atoms with van der Waals surface area (Å²) < 4.78 is 5.24. The van der Waals surface area contributed by atoms with Gasteiger partial charge in [-0.15, -0.1) is 11.3 Å². The summed E-state index contributed by atoms with van der Waals surface area (Å²) in [5.74, 6) is -0.213. The SMILES string of the molecule is CCOC(=O)c1sc(N2CCCCC2)cc1-c1ccccc1. The molecule has 0 radical (unpaired) electrons. The number of esters is 1. The summed E-state index contributed by atoms with van der Waals surface area (Å²) in [7, 11) is 0. The van der Waals surface area contributed by atoms with Gasteiger partial charge in [0.15, 0.2) is 0 Å². The van der Waals surface area contributed by atoms with Crippen molar-refractivity contribution >= 4 is 22.3 Å². The Morgan fingerprint density at radius 2 is 1.91 bits per heavy atom. The molecule has 3 nitrogen and oxygen atoms in total. The Labute approximate surface area is 135 Å². The van der Waals surface area contributed by atoms with Gasteiger partial charge in [0.2, 0.25) is 0 Å². The number of carbonyl (C=O) groups excluding carboxylic acids is 1. The molecule has 2 aromatic rings. The molecule has 4 heteroatoms. The quantitative estimate of drug-likeness (QED) is 0.773. The van der Waals surface area contributed by atoms with Crippen molar-refractivity contribution in [2.75, 3.05) is 24.6 Å². The first-order valence-corrected chi connectivity index (χ1v) is 8.72. The molecule has 1 aliphatic heterocycles. The third-order valence-electron chi connectivity index (χ3n) is 3.93. The zero-order valence-corrected chi connectivity index (χ0v) is 13.7. The van der Waals surface area contributed by atoms with Gasteiger partial charge in [0.1, 0.15) is 4.88 Å². The van der Waals surface area contributed by atoms with E-state index in [1.165, 1.54) is 24.3 Å². The Hall–Kier alpha value is -1.81. The summed E-state index contributed by atoms with van der Waals surface area (Å²) in [5.41, 5.74) is 2.06. The van der Waals surface area contributed by atoms with Gasteiger partial charge in [-0.25, -0.2) is 4.79 Å². The molecule has 0 spiro atoms. The number of piperidine rings is 1. The minimum atomic E-state index is -0.213. The lowest BCUT2D eigenvalue weighted by atomic mass is 10.1. The van der Waals surface area contributed by atoms with E-state index in [9.17, 15) is 4.79 Å². The van der Waals surface area contributed by atoms with Gasteiger partial charge in [-0.3, -0.25) is 0 Å². The van der Waals surface area contributed by atoms with Crippen molar-refractivity contribution in [3.05, 3.63) is 41.3 Å². The molecular formula is C18H21NO2S. The average Bonchev–Trinajstić information content (AvgIpc) is 3.02. The highest BCUT2D eigenvalue weighted by Crippen LogP contribution is 2.38. The van der Waals surface area contributed by atoms with Crippen LogP contribution in [-0.4, -0.2) is 25.7 Å². The van der Waals surface area contributed by atoms with E-state index in [1.807, 2.05) is 37.3 Å². The summed E-state index contributed by atoms with van der Waals surface area (Å²) in [5, 5.41) is 1.18. The number of thiophene rings is 1. The number of hydrogen-bond acceptors (Lipinski definition) is 4. The number of rotatable bonds is 4. The van der Waals surface area contributed by atoms with Crippen molar-refractivity contribution in [3.8, 4) is 11.1 Å². The Bertz CT molecular complexity index is 630. The zero-order valence-electron chi connectivity index (χ0n) is 12.9. The number of anilines is 1. The first-order chi connectivity index (χ1) is 10.8. The van der Waals surface area contributed by atoms with Crippen molar-refractivity contribution in [1.29, 1.82) is 0 Å². The molecule has 1 fully saturated rings. The Balaban J connectivity index is 1.98. The van der Waals surface area contributed by atoms with Crippen molar-refractivity contribution in [2.24, 2.45) is 0 Å². The van der Waals surface area contributed by atoms with Crippen LogP contribution in [0.25, 0.3) is 11.1 Å². The lowest BCUT2D eigenvalue weighted by Gasteiger charge is -2.27. The molecule has 0 unspecified atom stereocenters. The molecule has 1 aliphatic rings. The maximum atomic E-state index is 12.3. The van der Waals surface area contributed by atoms with Crippen LogP contribution in [-0.2, 0) is 4.74 Å². The number of hydrogen-bond donors (Lipinski definition) is 0. The van der Waals surface area contributed by atoms with Crippen LogP contribution in [0.15, 0.2) is 36.4 Å². The van der Waals surface area contributed by atoms with E-state index in [1.54, 1.807) is 11.3 Å². The molecule has 1 aromatic heterocycles. The van der Waals surface area contributed by atoms with E-state index in [2.05, 4.69) is 11.0 Å². The van der Waals surface area contributed by atoms with Crippen molar-refractivity contribution in [2.45, 2.75) is 26.2 Å². The number of benzene rings is 1. The van der Waals surface area contributed by atoms with Gasteiger partial charge in [-0.1, -0.05) is 30.3 Å². The van der Waals surface area contributed by atoms with Crippen LogP contribution in [0.4, 0.5) is 5.00 Å². The Morgan fingerprint density at radius 1 is 1.18 bits per heavy atom. The van der Waals surface area contributed by atoms with Crippen LogP contribution in [0.5, 0.6) is 0 Å². The second kappa shape index (κ2) is 6.97. The molecule has 116 valence electrons. The van der Waals surface area contributed by atoms with Crippen LogP contribution in [0.2, 0.25) is 0 Å². The molecule has 2 heterocycles. The van der Waals surface area contributed by atoms with Crippen molar-refractivity contribution in [1.82, 2.24) is 0 Å². The highest BCUT2D eigenvalue weighted by atomic mass is 32.1. The molecule has 22 heavy (non-hydrogen) atoms. The van der Waals surface area contributed by atoms with Gasteiger partial charge >= 0.3 is 5.97 Å². The molecule has 0 bridgehead atoms. The molecule has 0 saturated carbocycles. The molecule has 0 amide bonds. The Kier molecular flexibility index (Phi) is 4.78. The van der Waals surface area contributed by atoms with Crippen LogP contribution in [0.1, 0.15) is 35.9 Å². The maximum absolute atomic E-state index is 12.3. The summed E-state index contributed by atoms with van der Waals surface area (Å²) in [6.45, 7) is 4.41. The molecule has 1 saturated heterocycles. The van der Waals surface area contributed by atoms with E-state index < -0.39 is 0 Å². The topological polar surface area (TPSA) is 29.5 Å². The van der Waals surface area contributed by atoms with Crippen molar-refractivity contribution in [3.63, 3.8) is 0 Å². The summed E-state index contributed by atoms with van der Waals surface area (Å²) in [6.07, 6.45) is 3.76. The molecule has 0 atom stereocenters. The monoisotopic (exact) mass is 315 g/mol. The largest absolute Gasteiger partial charge is 0.462 e. The van der Waals surface area contributed by atoms with E-state index in [0.29, 0.717) is 11.5 Å². The van der Waals surface area contributed by atoms with Crippen LogP contribution < -0.4 is 4.90 Å². The van der Waals surface area contributed by atoms with Gasteiger partial charge < -0.3 is 9.64 Å². The minimum absolute atomic E-state index is 0.213. The van der Waals surface area contributed by atoms with Crippen LogP contribution in [0, 0.1) is 0 Å². The third-order valence-corrected chi connectivity index (χ3v) is 5.11. The fourth-order valence-corrected chi connectivity index (χ4v) is 3.96. The van der Waals surface area contributed by atoms with Crippen molar-refractivity contribution < 1.29 is 9.53 Å². The van der Waals surface area contributed by atoms with Gasteiger partial charge in [-0.2, -0.15) is 0 Å². The van der Waals surface area contributed by atoms with Gasteiger partial charge in [0.25, 0.3) is 0 Å². The highest BCUT2D eigenvalue weighted by Gasteiger charge is 2.22. The highest BCUT2D eigenvalue weighted by molar-refractivity contribution is 7.18. The molecular weight excluding hydrogens is 294 g/mol. The van der Waals surface area contributed by atoms with E-state index in [0.717, 1.165) is 24.2 Å². The second-order valence-corrected chi connectivity index (χ2v) is 6.49. The van der Waals surface area contributed by atoms with Crippen LogP contribution >= 0.6 is 11.3 Å². The third kappa shape index (κ3) is 3.17. The van der Waals surface area contributed by atoms with Crippen LogP contribution in [0.3, 0.4) is 0 Å². The fraction of sp³-hybridized carbons (Fsp3) is 0.389. The average molecular weight is 315 g/mol. The lowest BCUT2D eigenvalue weighted by molar-refractivity contribution is 0.0533. The van der Waals surface area contributed by atoms with E-state index in [-0.39, 0.29) is 5.97 Å². The number of nitrogens with zero attached hydrogens (tertiary/aromatic N) is 1. The fourth-order valence-electron chi connectivity index (χ4n) is 2.83. The minimum Gasteiger partial charge on any atom is -0.462 e. The summed E-state index contributed by atoms with van der Waals surface area (Å²) >= 11 is 1.56. The summed E-state index contributed by atoms with van der Waals surface area (Å²) in [4.78, 5) is 15.4. The predicted octanol–water partition coefficient (Wildman–Crippen LogP) is 4.58. The molecule has 3 rings (SSSR count). The summed E-state index contributed by atoms with van der Waals surface area (Å²) in [6, 6.07) is 12.2. The first-order valence-electron chi connectivity index (χ1n) is 7.91. The molecule has 1 aromatic carbocycles. The lowest BCUT2D eigenvalue weighted by Crippen LogP contribution is -2.28. The molecule has 0 aliphatic carbocycles. The number of ether oxygens (including phenoxy) is 1. The smallest absolute Gasteiger partial charge is 0.349 e. The zero-order chi connectivity index (χ0) is 15.4. The van der Waals surface area contributed by atoms with Gasteiger partial charge in [-0.05, 0) is 37.8 Å². The standard InChI is InChI=1S/C18H21NO2S/c1-2-21-18(20)17-15(14-9-5-3-6-10-14)13-16(22-17)19-11-7-4-8-12-19/h3,5-6,9-10,13H,2,4,7-8,11-12H2,1H3. The second-order valence-electron chi connectivity index (χ2n) is 5.46. The van der Waals surface area contributed by atoms with Gasteiger partial charge in [0.05, 0.1) is 11.6 Å². The van der Waals surface area contributed by atoms with Gasteiger partial charge in [0, 0.05) is 18.7 Å². The van der Waals surface area contributed by atoms with E-state index in [4.69, 9.17) is 4.74 Å². The normalized spacial score (nSPS) is 14.9.